The maximum atomic E-state index is 5.44. The summed E-state index contributed by atoms with van der Waals surface area (Å²) in [6, 6.07) is 26.9. The maximum Gasteiger partial charge on any atom is 0.121 e. The number of nitrogens with zero attached hydrogens (tertiary/aromatic N) is 2. The summed E-state index contributed by atoms with van der Waals surface area (Å²) < 4.78 is 10.7. The number of aromatic nitrogens is 1. The summed E-state index contributed by atoms with van der Waals surface area (Å²) in [6.45, 7) is 0.825. The van der Waals surface area contributed by atoms with E-state index in [1.54, 1.807) is 26.0 Å². The van der Waals surface area contributed by atoms with Crippen LogP contribution in [0, 0.1) is 0 Å². The summed E-state index contributed by atoms with van der Waals surface area (Å²) in [5.41, 5.74) is 4.49. The fraction of sp³-hybridized carbons (Fsp3) is 0.185. The number of hydrogen-bond acceptors (Lipinski definition) is 6. The van der Waals surface area contributed by atoms with Gasteiger partial charge in [0.15, 0.2) is 0 Å². The van der Waals surface area contributed by atoms with Gasteiger partial charge in [-0.05, 0) is 53.6 Å². The van der Waals surface area contributed by atoms with Gasteiger partial charge in [-0.1, -0.05) is 30.3 Å². The van der Waals surface area contributed by atoms with Crippen molar-refractivity contribution in [3.63, 3.8) is 0 Å². The summed E-state index contributed by atoms with van der Waals surface area (Å²) in [7, 11) is 3.37. The summed E-state index contributed by atoms with van der Waals surface area (Å²) in [5.74, 6) is 2.63. The first-order chi connectivity index (χ1) is 16.2. The van der Waals surface area contributed by atoms with Crippen LogP contribution in [0.5, 0.6) is 11.5 Å². The van der Waals surface area contributed by atoms with Gasteiger partial charge in [0.25, 0.3) is 0 Å². The molecule has 1 aliphatic rings. The second kappa shape index (κ2) is 9.89. The molecule has 0 spiro atoms. The zero-order valence-corrected chi connectivity index (χ0v) is 20.2. The Kier molecular flexibility index (Phi) is 6.55. The van der Waals surface area contributed by atoms with Gasteiger partial charge in [0.2, 0.25) is 0 Å². The van der Waals surface area contributed by atoms with Gasteiger partial charge in [-0.2, -0.15) is 0 Å². The number of rotatable bonds is 7. The van der Waals surface area contributed by atoms with Crippen LogP contribution in [-0.4, -0.2) is 41.8 Å². The van der Waals surface area contributed by atoms with Crippen LogP contribution in [0.3, 0.4) is 0 Å². The SMILES string of the molecule is COc1ccc(C2=NC[C@H](CSc3cc(-c4ccccc4)c4ccc(OC)cc4n3)S2)cc1. The van der Waals surface area contributed by atoms with Gasteiger partial charge in [0.05, 0.1) is 36.4 Å². The Balaban J connectivity index is 1.35. The largest absolute Gasteiger partial charge is 0.497 e. The lowest BCUT2D eigenvalue weighted by molar-refractivity contribution is 0.415. The van der Waals surface area contributed by atoms with Crippen molar-refractivity contribution in [2.75, 3.05) is 26.5 Å². The smallest absolute Gasteiger partial charge is 0.121 e. The van der Waals surface area contributed by atoms with Crippen molar-refractivity contribution in [3.8, 4) is 22.6 Å². The molecule has 33 heavy (non-hydrogen) atoms. The van der Waals surface area contributed by atoms with Crippen molar-refractivity contribution in [3.05, 3.63) is 84.4 Å². The van der Waals surface area contributed by atoms with Crippen LogP contribution >= 0.6 is 23.5 Å². The summed E-state index contributed by atoms with van der Waals surface area (Å²) in [4.78, 5) is 9.73. The van der Waals surface area contributed by atoms with Crippen LogP contribution in [0.25, 0.3) is 22.0 Å². The number of fused-ring (bicyclic) bond motifs is 1. The average Bonchev–Trinajstić information content (AvgIpc) is 3.36. The van der Waals surface area contributed by atoms with Gasteiger partial charge < -0.3 is 9.47 Å². The normalized spacial score (nSPS) is 15.5. The molecule has 5 rings (SSSR count). The standard InChI is InChI=1S/C27H24N2O2S2/c1-30-20-10-8-19(9-11-20)27-28-16-22(33-27)17-32-26-15-24(18-6-4-3-5-7-18)23-13-12-21(31-2)14-25(23)29-26/h3-15,22H,16-17H2,1-2H3/t22-/m1/s1. The first-order valence-corrected chi connectivity index (χ1v) is 12.6. The molecule has 1 atom stereocenters. The van der Waals surface area contributed by atoms with Gasteiger partial charge >= 0.3 is 0 Å². The van der Waals surface area contributed by atoms with E-state index in [1.165, 1.54) is 11.1 Å². The Morgan fingerprint density at radius 1 is 0.879 bits per heavy atom. The number of pyridine rings is 1. The molecule has 0 bridgehead atoms. The zero-order valence-electron chi connectivity index (χ0n) is 18.5. The Labute approximate surface area is 202 Å². The predicted octanol–water partition coefficient (Wildman–Crippen LogP) is 6.57. The number of ether oxygens (including phenoxy) is 2. The highest BCUT2D eigenvalue weighted by Crippen LogP contribution is 2.35. The lowest BCUT2D eigenvalue weighted by atomic mass is 10.0. The molecule has 0 saturated carbocycles. The zero-order chi connectivity index (χ0) is 22.6. The molecule has 0 fully saturated rings. The van der Waals surface area contributed by atoms with E-state index < -0.39 is 0 Å². The van der Waals surface area contributed by atoms with E-state index in [2.05, 4.69) is 48.5 Å². The topological polar surface area (TPSA) is 43.7 Å². The average molecular weight is 473 g/mol. The van der Waals surface area contributed by atoms with Crippen LogP contribution < -0.4 is 9.47 Å². The highest BCUT2D eigenvalue weighted by molar-refractivity contribution is 8.16. The molecule has 3 aromatic carbocycles. The molecule has 2 heterocycles. The number of hydrogen-bond donors (Lipinski definition) is 0. The molecular formula is C27H24N2O2S2. The van der Waals surface area contributed by atoms with Crippen molar-refractivity contribution >= 4 is 39.5 Å². The lowest BCUT2D eigenvalue weighted by Gasteiger charge is -2.12. The molecular weight excluding hydrogens is 448 g/mol. The van der Waals surface area contributed by atoms with Crippen molar-refractivity contribution in [1.82, 2.24) is 4.98 Å². The lowest BCUT2D eigenvalue weighted by Crippen LogP contribution is -2.07. The van der Waals surface area contributed by atoms with Crippen LogP contribution in [-0.2, 0) is 0 Å². The van der Waals surface area contributed by atoms with Gasteiger partial charge in [-0.3, -0.25) is 4.99 Å². The van der Waals surface area contributed by atoms with Crippen LogP contribution in [0.1, 0.15) is 5.56 Å². The third-order valence-electron chi connectivity index (χ3n) is 5.55. The van der Waals surface area contributed by atoms with Crippen molar-refractivity contribution in [2.45, 2.75) is 10.3 Å². The molecule has 0 aliphatic carbocycles. The van der Waals surface area contributed by atoms with E-state index in [0.717, 1.165) is 50.3 Å². The monoisotopic (exact) mass is 472 g/mol. The minimum Gasteiger partial charge on any atom is -0.497 e. The van der Waals surface area contributed by atoms with E-state index >= 15 is 0 Å². The van der Waals surface area contributed by atoms with E-state index in [1.807, 2.05) is 42.1 Å². The molecule has 0 N–H and O–H groups in total. The minimum atomic E-state index is 0.426. The molecule has 166 valence electrons. The summed E-state index contributed by atoms with van der Waals surface area (Å²) in [5, 5.41) is 3.68. The molecule has 0 unspecified atom stereocenters. The van der Waals surface area contributed by atoms with Crippen LogP contribution in [0.4, 0.5) is 0 Å². The highest BCUT2D eigenvalue weighted by Gasteiger charge is 2.21. The van der Waals surface area contributed by atoms with Gasteiger partial charge in [0, 0.05) is 28.0 Å². The van der Waals surface area contributed by atoms with Crippen LogP contribution in [0.15, 0.2) is 88.9 Å². The number of methoxy groups -OCH3 is 2. The van der Waals surface area contributed by atoms with E-state index in [9.17, 15) is 0 Å². The van der Waals surface area contributed by atoms with Crippen molar-refractivity contribution in [1.29, 1.82) is 0 Å². The first kappa shape index (κ1) is 21.9. The minimum absolute atomic E-state index is 0.426. The van der Waals surface area contributed by atoms with E-state index in [0.29, 0.717) is 5.25 Å². The van der Waals surface area contributed by atoms with Crippen molar-refractivity contribution in [2.24, 2.45) is 4.99 Å². The second-order valence-corrected chi connectivity index (χ2v) is 10.0. The molecule has 1 aromatic heterocycles. The highest BCUT2D eigenvalue weighted by atomic mass is 32.2. The Morgan fingerprint density at radius 3 is 2.39 bits per heavy atom. The summed E-state index contributed by atoms with van der Waals surface area (Å²) >= 11 is 3.64. The first-order valence-electron chi connectivity index (χ1n) is 10.8. The molecule has 4 nitrogen and oxygen atoms in total. The second-order valence-electron chi connectivity index (χ2n) is 7.68. The number of benzene rings is 3. The summed E-state index contributed by atoms with van der Waals surface area (Å²) in [6.07, 6.45) is 0. The molecule has 4 aromatic rings. The Hall–Kier alpha value is -2.96. The fourth-order valence-electron chi connectivity index (χ4n) is 3.82. The molecule has 0 saturated heterocycles. The molecule has 0 amide bonds. The quantitative estimate of drug-likeness (QED) is 0.285. The van der Waals surface area contributed by atoms with Gasteiger partial charge in [-0.15, -0.1) is 23.5 Å². The van der Waals surface area contributed by atoms with E-state index in [-0.39, 0.29) is 0 Å². The Morgan fingerprint density at radius 2 is 1.64 bits per heavy atom. The fourth-order valence-corrected chi connectivity index (χ4v) is 6.00. The van der Waals surface area contributed by atoms with Crippen LogP contribution in [0.2, 0.25) is 0 Å². The Bertz CT molecular complexity index is 1290. The molecule has 1 aliphatic heterocycles. The maximum absolute atomic E-state index is 5.44. The molecule has 6 heteroatoms. The number of thioether (sulfide) groups is 2. The van der Waals surface area contributed by atoms with Gasteiger partial charge in [-0.25, -0.2) is 4.98 Å². The van der Waals surface area contributed by atoms with Crippen molar-refractivity contribution < 1.29 is 9.47 Å². The van der Waals surface area contributed by atoms with E-state index in [4.69, 9.17) is 19.5 Å². The third-order valence-corrected chi connectivity index (χ3v) is 8.07. The van der Waals surface area contributed by atoms with Gasteiger partial charge in [0.1, 0.15) is 11.5 Å². The molecule has 0 radical (unpaired) electrons. The third kappa shape index (κ3) is 4.87. The predicted molar refractivity (Wildman–Crippen MR) is 140 cm³/mol. The number of aliphatic imine (C=N–C) groups is 1.